The Morgan fingerprint density at radius 2 is 1.50 bits per heavy atom. The number of halogens is 2. The Morgan fingerprint density at radius 3 is 1.80 bits per heavy atom. The molecule has 0 bridgehead atoms. The van der Waals surface area contributed by atoms with E-state index in [1.165, 1.54) is 56.8 Å². The summed E-state index contributed by atoms with van der Waals surface area (Å²) >= 11 is 1.18. The Morgan fingerprint density at radius 1 is 1.00 bits per heavy atom. The third-order valence-electron chi connectivity index (χ3n) is 1.81. The van der Waals surface area contributed by atoms with Crippen molar-refractivity contribution in [3.8, 4) is 0 Å². The molecule has 1 rings (SSSR count). The van der Waals surface area contributed by atoms with Crippen LogP contribution in [0.1, 0.15) is 32.1 Å². The van der Waals surface area contributed by atoms with Gasteiger partial charge in [0.2, 0.25) is 0 Å². The van der Waals surface area contributed by atoms with Crippen LogP contribution in [0.3, 0.4) is 0 Å². The number of nitrogens with one attached hydrogen (secondary N) is 1. The zero-order valence-electron chi connectivity index (χ0n) is 5.93. The summed E-state index contributed by atoms with van der Waals surface area (Å²) in [7, 11) is 0. The van der Waals surface area contributed by atoms with Gasteiger partial charge in [-0.25, -0.2) is 0 Å². The van der Waals surface area contributed by atoms with Crippen LogP contribution in [-0.4, -0.2) is 6.04 Å². The molecule has 0 saturated heterocycles. The predicted molar refractivity (Wildman–Crippen MR) is 44.5 cm³/mol. The average Bonchev–Trinajstić information content (AvgIpc) is 1.90. The standard InChI is InChI=1S/C6H12N.2ClH.Hf/c7-6-4-2-1-3-5-6;;;/h6-7H,1-5H2;2*1H;/q-1;;;+1. The van der Waals surface area contributed by atoms with E-state index in [0.29, 0.717) is 0 Å². The van der Waals surface area contributed by atoms with Crippen molar-refractivity contribution in [2.24, 2.45) is 0 Å². The van der Waals surface area contributed by atoms with Gasteiger partial charge in [0.05, 0.1) is 0 Å². The van der Waals surface area contributed by atoms with Crippen LogP contribution in [-0.2, 0) is 24.7 Å². The van der Waals surface area contributed by atoms with Crippen LogP contribution in [0, 0.1) is 0 Å². The molecular formula is C6H14Cl2HfN. The first-order valence-electron chi connectivity index (χ1n) is 3.36. The van der Waals surface area contributed by atoms with Crippen LogP contribution in [0.25, 0.3) is 0 Å². The van der Waals surface area contributed by atoms with E-state index < -0.39 is 0 Å². The first kappa shape index (κ1) is 14.0. The molecule has 0 aromatic heterocycles. The molecule has 61 valence electrons. The first-order valence-corrected chi connectivity index (χ1v) is 5.15. The molecule has 1 aliphatic rings. The van der Waals surface area contributed by atoms with Crippen molar-refractivity contribution in [1.82, 2.24) is 3.30 Å². The van der Waals surface area contributed by atoms with Gasteiger partial charge in [-0.15, -0.1) is 24.8 Å². The second-order valence-electron chi connectivity index (χ2n) is 2.48. The van der Waals surface area contributed by atoms with Crippen molar-refractivity contribution in [3.05, 3.63) is 0 Å². The second kappa shape index (κ2) is 8.51. The summed E-state index contributed by atoms with van der Waals surface area (Å²) in [6.07, 6.45) is 7.26. The van der Waals surface area contributed by atoms with E-state index >= 15 is 0 Å². The summed E-state index contributed by atoms with van der Waals surface area (Å²) in [5.74, 6) is 0. The molecule has 0 radical (unpaired) electrons. The normalized spacial score (nSPS) is 18.7. The maximum atomic E-state index is 3.44. The van der Waals surface area contributed by atoms with Crippen molar-refractivity contribution in [1.29, 1.82) is 0 Å². The van der Waals surface area contributed by atoms with Gasteiger partial charge in [-0.1, -0.05) is 0 Å². The van der Waals surface area contributed by atoms with Gasteiger partial charge in [0.1, 0.15) is 0 Å². The Labute approximate surface area is 90.5 Å². The van der Waals surface area contributed by atoms with Crippen LogP contribution >= 0.6 is 24.8 Å². The fourth-order valence-electron chi connectivity index (χ4n) is 1.25. The fraction of sp³-hybridized carbons (Fsp3) is 1.00. The molecule has 0 amide bonds. The molecule has 1 nitrogen and oxygen atoms in total. The topological polar surface area (TPSA) is 12.0 Å². The van der Waals surface area contributed by atoms with E-state index in [1.54, 1.807) is 0 Å². The molecule has 0 aliphatic heterocycles. The number of hydrogen-bond acceptors (Lipinski definition) is 1. The Bertz CT molecular complexity index is 66.8. The molecule has 1 fully saturated rings. The summed E-state index contributed by atoms with van der Waals surface area (Å²) in [5.41, 5.74) is 0. The van der Waals surface area contributed by atoms with Crippen LogP contribution in [0.15, 0.2) is 0 Å². The molecule has 0 spiro atoms. The summed E-state index contributed by atoms with van der Waals surface area (Å²) in [5, 5.41) is 0. The zero-order valence-corrected chi connectivity index (χ0v) is 11.2. The molecule has 1 saturated carbocycles. The minimum atomic E-state index is 0. The summed E-state index contributed by atoms with van der Waals surface area (Å²) in [4.78, 5) is 0. The van der Waals surface area contributed by atoms with Crippen LogP contribution in [0.2, 0.25) is 0 Å². The van der Waals surface area contributed by atoms with Gasteiger partial charge in [0.25, 0.3) is 0 Å². The van der Waals surface area contributed by atoms with Gasteiger partial charge in [0.15, 0.2) is 0 Å². The molecule has 10 heavy (non-hydrogen) atoms. The van der Waals surface area contributed by atoms with E-state index in [0.717, 1.165) is 6.04 Å². The maximum absolute atomic E-state index is 3.44. The molecule has 1 N–H and O–H groups in total. The van der Waals surface area contributed by atoms with Gasteiger partial charge in [-0.3, -0.25) is 0 Å². The van der Waals surface area contributed by atoms with Crippen molar-refractivity contribution in [2.75, 3.05) is 0 Å². The van der Waals surface area contributed by atoms with Gasteiger partial charge >= 0.3 is 66.1 Å². The quantitative estimate of drug-likeness (QED) is 0.716. The van der Waals surface area contributed by atoms with E-state index in [2.05, 4.69) is 3.30 Å². The number of hydrogen-bond donors (Lipinski definition) is 1. The molecule has 0 aromatic carbocycles. The number of rotatable bonds is 1. The molecule has 0 heterocycles. The van der Waals surface area contributed by atoms with Crippen molar-refractivity contribution >= 4 is 24.8 Å². The Kier molecular flexibility index (Phi) is 11.9. The minimum absolute atomic E-state index is 0. The van der Waals surface area contributed by atoms with Crippen molar-refractivity contribution in [3.63, 3.8) is 0 Å². The zero-order chi connectivity index (χ0) is 5.82. The average molecular weight is 350 g/mol. The summed E-state index contributed by atoms with van der Waals surface area (Å²) in [6.45, 7) is 0. The van der Waals surface area contributed by atoms with Gasteiger partial charge < -0.3 is 0 Å². The monoisotopic (exact) mass is 350 g/mol. The van der Waals surface area contributed by atoms with E-state index in [4.69, 9.17) is 0 Å². The third-order valence-corrected chi connectivity index (χ3v) is 3.28. The van der Waals surface area contributed by atoms with E-state index in [-0.39, 0.29) is 24.8 Å². The fourth-order valence-corrected chi connectivity index (χ4v) is 2.28. The summed E-state index contributed by atoms with van der Waals surface area (Å²) in [6, 6.07) is 0.899. The van der Waals surface area contributed by atoms with Crippen LogP contribution < -0.4 is 3.30 Å². The van der Waals surface area contributed by atoms with Crippen LogP contribution in [0.4, 0.5) is 0 Å². The van der Waals surface area contributed by atoms with Crippen molar-refractivity contribution in [2.45, 2.75) is 38.1 Å². The second-order valence-corrected chi connectivity index (χ2v) is 3.52. The van der Waals surface area contributed by atoms with E-state index in [9.17, 15) is 0 Å². The third kappa shape index (κ3) is 5.11. The molecule has 4 heteroatoms. The predicted octanol–water partition coefficient (Wildman–Crippen LogP) is 2.21. The SMILES string of the molecule is Cl.Cl.[Hf][NH]C1CCCCC1. The molecule has 0 atom stereocenters. The van der Waals surface area contributed by atoms with Crippen molar-refractivity contribution < 1.29 is 24.7 Å². The molecule has 1 aliphatic carbocycles. The Balaban J connectivity index is 0. The van der Waals surface area contributed by atoms with E-state index in [1.807, 2.05) is 0 Å². The Hall–Kier alpha value is 1.41. The molecular weight excluding hydrogens is 335 g/mol. The first-order chi connectivity index (χ1) is 3.93. The summed E-state index contributed by atoms with van der Waals surface area (Å²) < 4.78 is 3.44. The van der Waals surface area contributed by atoms with Gasteiger partial charge in [-0.2, -0.15) is 0 Å². The molecule has 0 unspecified atom stereocenters. The van der Waals surface area contributed by atoms with Crippen LogP contribution in [0.5, 0.6) is 0 Å². The van der Waals surface area contributed by atoms with Gasteiger partial charge in [0, 0.05) is 0 Å². The molecule has 0 aromatic rings. The van der Waals surface area contributed by atoms with Gasteiger partial charge in [-0.05, 0) is 0 Å².